The number of carbonyl (C=O) groups excluding carboxylic acids is 1. The molecule has 7 nitrogen and oxygen atoms in total. The summed E-state index contributed by atoms with van der Waals surface area (Å²) in [6.45, 7) is 0.710. The summed E-state index contributed by atoms with van der Waals surface area (Å²) in [5.74, 6) is -2.56. The summed E-state index contributed by atoms with van der Waals surface area (Å²) < 4.78 is 84.1. The summed E-state index contributed by atoms with van der Waals surface area (Å²) in [4.78, 5) is 13.6. The van der Waals surface area contributed by atoms with E-state index in [1.54, 1.807) is 9.62 Å². The van der Waals surface area contributed by atoms with Crippen molar-refractivity contribution in [2.75, 3.05) is 24.2 Å². The van der Waals surface area contributed by atoms with Gasteiger partial charge in [0.1, 0.15) is 23.4 Å². The Hall–Kier alpha value is -2.73. The number of amides is 1. The average molecular weight is 483 g/mol. The molecule has 0 unspecified atom stereocenters. The lowest BCUT2D eigenvalue weighted by molar-refractivity contribution is -0.274. The molecule has 1 amide bonds. The lowest BCUT2D eigenvalue weighted by atomic mass is 10.1. The molecule has 0 aromatic heterocycles. The molecule has 3 rings (SSSR count). The van der Waals surface area contributed by atoms with Crippen LogP contribution >= 0.6 is 11.6 Å². The van der Waals surface area contributed by atoms with Crippen LogP contribution in [0.3, 0.4) is 0 Å². The van der Waals surface area contributed by atoms with E-state index in [0.717, 1.165) is 18.4 Å². The Kier molecular flexibility index (Phi) is 6.23. The van der Waals surface area contributed by atoms with E-state index in [-0.39, 0.29) is 16.5 Å². The van der Waals surface area contributed by atoms with E-state index in [0.29, 0.717) is 18.8 Å². The summed E-state index contributed by atoms with van der Waals surface area (Å²) in [5, 5.41) is -0.0906. The Morgan fingerprint density at radius 1 is 1.19 bits per heavy atom. The molecule has 0 atom stereocenters. The number of sulfonamides is 1. The summed E-state index contributed by atoms with van der Waals surface area (Å²) in [5.41, 5.74) is 0.0821. The number of carbonyl (C=O) groups is 1. The van der Waals surface area contributed by atoms with Crippen LogP contribution in [0.5, 0.6) is 11.5 Å². The molecule has 1 fully saturated rings. The maximum atomic E-state index is 14.2. The van der Waals surface area contributed by atoms with Crippen LogP contribution in [0.4, 0.5) is 23.2 Å². The fraction of sp³-hybridized carbons (Fsp3) is 0.278. The van der Waals surface area contributed by atoms with Crippen molar-refractivity contribution in [1.29, 1.82) is 0 Å². The van der Waals surface area contributed by atoms with Crippen molar-refractivity contribution in [2.45, 2.75) is 12.5 Å². The van der Waals surface area contributed by atoms with Gasteiger partial charge in [0.25, 0.3) is 5.91 Å². The molecule has 1 aliphatic rings. The lowest BCUT2D eigenvalue weighted by Gasteiger charge is -2.40. The Morgan fingerprint density at radius 3 is 2.35 bits per heavy atom. The van der Waals surface area contributed by atoms with Crippen LogP contribution in [0, 0.1) is 5.82 Å². The number of halogens is 5. The van der Waals surface area contributed by atoms with E-state index in [4.69, 9.17) is 16.3 Å². The SMILES string of the molecule is CS(=O)(=O)NC(=O)c1cc(Cl)c(OC2CN(c3ccc(OC(F)(F)F)cc3)C2)cc1F. The zero-order valence-corrected chi connectivity index (χ0v) is 17.3. The van der Waals surface area contributed by atoms with Gasteiger partial charge in [-0.15, -0.1) is 13.2 Å². The van der Waals surface area contributed by atoms with Crippen LogP contribution in [0.1, 0.15) is 10.4 Å². The minimum absolute atomic E-state index is 0.0337. The second-order valence-corrected chi connectivity index (χ2v) is 8.81. The molecule has 168 valence electrons. The lowest BCUT2D eigenvalue weighted by Crippen LogP contribution is -2.54. The highest BCUT2D eigenvalue weighted by Gasteiger charge is 2.32. The number of hydrogen-bond donors (Lipinski definition) is 1. The minimum Gasteiger partial charge on any atom is -0.485 e. The van der Waals surface area contributed by atoms with Crippen LogP contribution in [0.25, 0.3) is 0 Å². The Morgan fingerprint density at radius 2 is 1.81 bits per heavy atom. The predicted octanol–water partition coefficient (Wildman–Crippen LogP) is 3.33. The summed E-state index contributed by atoms with van der Waals surface area (Å²) in [6.07, 6.45) is -4.41. The smallest absolute Gasteiger partial charge is 0.485 e. The van der Waals surface area contributed by atoms with E-state index in [1.807, 2.05) is 0 Å². The van der Waals surface area contributed by atoms with Crippen molar-refractivity contribution in [2.24, 2.45) is 0 Å². The number of ether oxygens (including phenoxy) is 2. The molecule has 1 N–H and O–H groups in total. The van der Waals surface area contributed by atoms with Crippen LogP contribution in [0.15, 0.2) is 36.4 Å². The molecule has 0 radical (unpaired) electrons. The molecule has 2 aromatic carbocycles. The number of nitrogens with zero attached hydrogens (tertiary/aromatic N) is 1. The van der Waals surface area contributed by atoms with E-state index in [2.05, 4.69) is 4.74 Å². The van der Waals surface area contributed by atoms with Crippen LogP contribution < -0.4 is 19.1 Å². The number of benzene rings is 2. The number of nitrogens with one attached hydrogen (secondary N) is 1. The Labute approximate surface area is 179 Å². The summed E-state index contributed by atoms with van der Waals surface area (Å²) in [6, 6.07) is 7.12. The van der Waals surface area contributed by atoms with Gasteiger partial charge in [0.05, 0.1) is 29.9 Å². The van der Waals surface area contributed by atoms with Crippen molar-refractivity contribution in [3.05, 3.63) is 52.8 Å². The normalized spacial score (nSPS) is 14.7. The number of hydrogen-bond acceptors (Lipinski definition) is 6. The van der Waals surface area contributed by atoms with Gasteiger partial charge in [0.15, 0.2) is 0 Å². The third-order valence-corrected chi connectivity index (χ3v) is 4.97. The van der Waals surface area contributed by atoms with Gasteiger partial charge in [-0.3, -0.25) is 4.79 Å². The minimum atomic E-state index is -4.77. The van der Waals surface area contributed by atoms with Crippen molar-refractivity contribution < 1.29 is 40.2 Å². The van der Waals surface area contributed by atoms with Crippen LogP contribution in [-0.2, 0) is 10.0 Å². The van der Waals surface area contributed by atoms with Gasteiger partial charge in [0.2, 0.25) is 10.0 Å². The molecule has 1 aliphatic heterocycles. The van der Waals surface area contributed by atoms with E-state index in [1.165, 1.54) is 24.3 Å². The van der Waals surface area contributed by atoms with E-state index < -0.39 is 39.8 Å². The summed E-state index contributed by atoms with van der Waals surface area (Å²) >= 11 is 6.02. The standard InChI is InChI=1S/C18H15ClF4N2O5S/c1-31(27,28)24-17(26)13-6-14(19)16(7-15(13)20)29-12-8-25(9-12)10-2-4-11(5-3-10)30-18(21,22)23/h2-7,12H,8-9H2,1H3,(H,24,26). The van der Waals surface area contributed by atoms with E-state index >= 15 is 0 Å². The number of alkyl halides is 3. The highest BCUT2D eigenvalue weighted by Crippen LogP contribution is 2.32. The van der Waals surface area contributed by atoms with Gasteiger partial charge in [0, 0.05) is 11.8 Å². The first kappa shape index (κ1) is 22.9. The highest BCUT2D eigenvalue weighted by atomic mass is 35.5. The first-order valence-corrected chi connectivity index (χ1v) is 10.9. The first-order chi connectivity index (χ1) is 14.3. The van der Waals surface area contributed by atoms with Crippen molar-refractivity contribution >= 4 is 33.2 Å². The van der Waals surface area contributed by atoms with E-state index in [9.17, 15) is 30.8 Å². The molecular weight excluding hydrogens is 468 g/mol. The molecule has 2 aromatic rings. The molecule has 0 saturated carbocycles. The molecule has 0 aliphatic carbocycles. The van der Waals surface area contributed by atoms with Gasteiger partial charge in [-0.2, -0.15) is 0 Å². The molecule has 31 heavy (non-hydrogen) atoms. The largest absolute Gasteiger partial charge is 0.573 e. The third-order valence-electron chi connectivity index (χ3n) is 4.12. The van der Waals surface area contributed by atoms with Gasteiger partial charge in [-0.05, 0) is 30.3 Å². The predicted molar refractivity (Wildman–Crippen MR) is 103 cm³/mol. The molecule has 0 spiro atoms. The second-order valence-electron chi connectivity index (χ2n) is 6.65. The zero-order chi connectivity index (χ0) is 23.0. The number of rotatable bonds is 6. The molecule has 1 heterocycles. The molecule has 0 bridgehead atoms. The zero-order valence-electron chi connectivity index (χ0n) is 15.7. The Balaban J connectivity index is 1.60. The second kappa shape index (κ2) is 8.42. The van der Waals surface area contributed by atoms with Gasteiger partial charge >= 0.3 is 6.36 Å². The maximum absolute atomic E-state index is 14.2. The fourth-order valence-electron chi connectivity index (χ4n) is 2.78. The monoisotopic (exact) mass is 482 g/mol. The fourth-order valence-corrected chi connectivity index (χ4v) is 3.43. The first-order valence-electron chi connectivity index (χ1n) is 8.59. The summed E-state index contributed by atoms with van der Waals surface area (Å²) in [7, 11) is -3.88. The molecule has 1 saturated heterocycles. The van der Waals surface area contributed by atoms with Crippen molar-refractivity contribution in [1.82, 2.24) is 4.72 Å². The molecule has 13 heteroatoms. The number of anilines is 1. The Bertz CT molecular complexity index is 1090. The van der Waals surface area contributed by atoms with Gasteiger partial charge in [-0.25, -0.2) is 17.5 Å². The van der Waals surface area contributed by atoms with Crippen molar-refractivity contribution in [3.63, 3.8) is 0 Å². The van der Waals surface area contributed by atoms with Crippen molar-refractivity contribution in [3.8, 4) is 11.5 Å². The van der Waals surface area contributed by atoms with Crippen LogP contribution in [-0.4, -0.2) is 46.1 Å². The third kappa shape index (κ3) is 6.14. The molecular formula is C18H15ClF4N2O5S. The van der Waals surface area contributed by atoms with Gasteiger partial charge in [-0.1, -0.05) is 11.6 Å². The topological polar surface area (TPSA) is 84.9 Å². The maximum Gasteiger partial charge on any atom is 0.573 e. The van der Waals surface area contributed by atoms with Crippen LogP contribution in [0.2, 0.25) is 5.02 Å². The highest BCUT2D eigenvalue weighted by molar-refractivity contribution is 7.89. The van der Waals surface area contributed by atoms with Gasteiger partial charge < -0.3 is 14.4 Å². The quantitative estimate of drug-likeness (QED) is 0.636. The average Bonchev–Trinajstić information content (AvgIpc) is 2.58.